The highest BCUT2D eigenvalue weighted by Crippen LogP contribution is 2.59. The van der Waals surface area contributed by atoms with Gasteiger partial charge in [-0.3, -0.25) is 14.4 Å². The zero-order valence-corrected chi connectivity index (χ0v) is 25.3. The summed E-state index contributed by atoms with van der Waals surface area (Å²) in [6.45, 7) is 6.35. The van der Waals surface area contributed by atoms with E-state index in [9.17, 15) is 19.5 Å². The van der Waals surface area contributed by atoms with Gasteiger partial charge in [-0.25, -0.2) is 0 Å². The van der Waals surface area contributed by atoms with Crippen molar-refractivity contribution in [3.8, 4) is 5.75 Å². The first-order valence-electron chi connectivity index (χ1n) is 14.8. The maximum atomic E-state index is 14.6. The van der Waals surface area contributed by atoms with E-state index in [0.29, 0.717) is 41.7 Å². The Bertz CT molecular complexity index is 1490. The van der Waals surface area contributed by atoms with Crippen molar-refractivity contribution in [3.63, 3.8) is 0 Å². The van der Waals surface area contributed by atoms with Crippen LogP contribution in [0.2, 0.25) is 5.02 Å². The molecular formula is C33H36ClN3O6. The van der Waals surface area contributed by atoms with Crippen LogP contribution in [0.5, 0.6) is 5.75 Å². The molecule has 9 nitrogen and oxygen atoms in total. The molecule has 3 amide bonds. The summed E-state index contributed by atoms with van der Waals surface area (Å²) < 4.78 is 12.6. The molecule has 2 aromatic rings. The van der Waals surface area contributed by atoms with E-state index in [1.54, 1.807) is 21.9 Å². The van der Waals surface area contributed by atoms with Gasteiger partial charge in [0.2, 0.25) is 11.8 Å². The van der Waals surface area contributed by atoms with Gasteiger partial charge in [0.1, 0.15) is 17.4 Å². The zero-order chi connectivity index (χ0) is 30.5. The van der Waals surface area contributed by atoms with Crippen LogP contribution in [0.3, 0.4) is 0 Å². The van der Waals surface area contributed by atoms with Gasteiger partial charge in [-0.2, -0.15) is 0 Å². The molecular weight excluding hydrogens is 570 g/mol. The molecule has 2 fully saturated rings. The number of aliphatic hydroxyl groups excluding tert-OH is 1. The minimum Gasteiger partial charge on any atom is -0.494 e. The van der Waals surface area contributed by atoms with Crippen molar-refractivity contribution < 1.29 is 29.0 Å². The first-order valence-corrected chi connectivity index (χ1v) is 15.2. The largest absolute Gasteiger partial charge is 0.494 e. The number of para-hydroxylation sites is 1. The third-order valence-corrected chi connectivity index (χ3v) is 9.50. The number of aryl methyl sites for hydroxylation is 1. The van der Waals surface area contributed by atoms with Gasteiger partial charge in [0, 0.05) is 25.3 Å². The molecule has 0 aromatic heterocycles. The molecule has 4 aliphatic rings. The van der Waals surface area contributed by atoms with Crippen LogP contribution in [0.25, 0.3) is 0 Å². The highest BCUT2D eigenvalue weighted by molar-refractivity contribution is 6.34. The van der Waals surface area contributed by atoms with Crippen LogP contribution >= 0.6 is 11.6 Å². The number of aliphatic hydroxyl groups is 1. The lowest BCUT2D eigenvalue weighted by Crippen LogP contribution is -2.56. The van der Waals surface area contributed by atoms with Gasteiger partial charge in [0.05, 0.1) is 41.4 Å². The van der Waals surface area contributed by atoms with E-state index < -0.39 is 29.1 Å². The van der Waals surface area contributed by atoms with E-state index in [2.05, 4.69) is 0 Å². The summed E-state index contributed by atoms with van der Waals surface area (Å²) in [6, 6.07) is 11.6. The molecule has 4 heterocycles. The number of hydrogen-bond acceptors (Lipinski definition) is 6. The lowest BCUT2D eigenvalue weighted by molar-refractivity contribution is -0.146. The third-order valence-electron chi connectivity index (χ3n) is 9.20. The van der Waals surface area contributed by atoms with Crippen LogP contribution in [-0.2, 0) is 19.1 Å². The Balaban J connectivity index is 1.46. The molecule has 2 saturated heterocycles. The fraction of sp³-hybridized carbons (Fsp3) is 0.424. The number of β-amino-alcohol motifs (C(OH)–C–C–N with tert-alkyl or cyclic N) is 1. The number of amides is 3. The number of nitrogens with zero attached hydrogens (tertiary/aromatic N) is 3. The van der Waals surface area contributed by atoms with E-state index in [0.717, 1.165) is 5.56 Å². The van der Waals surface area contributed by atoms with E-state index >= 15 is 0 Å². The van der Waals surface area contributed by atoms with Crippen molar-refractivity contribution >= 4 is 40.7 Å². The van der Waals surface area contributed by atoms with Crippen LogP contribution in [0.1, 0.15) is 25.8 Å². The van der Waals surface area contributed by atoms with Crippen LogP contribution in [-0.4, -0.2) is 77.8 Å². The molecule has 0 bridgehead atoms. The average molecular weight is 606 g/mol. The van der Waals surface area contributed by atoms with Crippen molar-refractivity contribution in [2.75, 3.05) is 42.6 Å². The molecule has 0 aliphatic carbocycles. The molecule has 4 aliphatic heterocycles. The second-order valence-electron chi connectivity index (χ2n) is 11.4. The lowest BCUT2D eigenvalue weighted by atomic mass is 9.73. The topological polar surface area (TPSA) is 99.6 Å². The monoisotopic (exact) mass is 605 g/mol. The summed E-state index contributed by atoms with van der Waals surface area (Å²) in [6.07, 6.45) is 7.86. The summed E-state index contributed by atoms with van der Waals surface area (Å²) in [5.74, 6) is -2.17. The van der Waals surface area contributed by atoms with Gasteiger partial charge in [-0.15, -0.1) is 0 Å². The van der Waals surface area contributed by atoms with Crippen molar-refractivity contribution in [1.29, 1.82) is 0 Å². The minimum absolute atomic E-state index is 0.0709. The lowest BCUT2D eigenvalue weighted by Gasteiger charge is -2.38. The number of fused-ring (bicyclic) bond motifs is 2. The zero-order valence-electron chi connectivity index (χ0n) is 24.5. The standard InChI is InChI=1S/C33H36ClN3O6/c1-4-32-15-7-17-35(22-11-13-23(14-12-22)42-5-2)29(39)25(32)26-30(40)37(19-20-38)28-31(41)36(18-8-16-33(26,28)43-32)27-21(3)9-6-10-24(27)34/h6-16,25-26,28,38H,4-5,17-20H2,1-3H3/t25-,26+,28?,32+,33+/m1/s1. The Labute approximate surface area is 256 Å². The van der Waals surface area contributed by atoms with Crippen LogP contribution in [0.4, 0.5) is 11.4 Å². The molecule has 1 spiro atoms. The number of carbonyl (C=O) groups is 3. The van der Waals surface area contributed by atoms with Gasteiger partial charge in [-0.05, 0) is 56.2 Å². The fourth-order valence-corrected chi connectivity index (χ4v) is 7.72. The Kier molecular flexibility index (Phi) is 7.61. The van der Waals surface area contributed by atoms with E-state index in [1.807, 2.05) is 75.4 Å². The molecule has 5 atom stereocenters. The average Bonchev–Trinajstić information content (AvgIpc) is 3.27. The van der Waals surface area contributed by atoms with Gasteiger partial charge in [-0.1, -0.05) is 55.0 Å². The molecule has 226 valence electrons. The van der Waals surface area contributed by atoms with Crippen LogP contribution in [0.15, 0.2) is 66.8 Å². The van der Waals surface area contributed by atoms with Crippen molar-refractivity contribution in [2.24, 2.45) is 11.8 Å². The number of benzene rings is 2. The molecule has 43 heavy (non-hydrogen) atoms. The summed E-state index contributed by atoms with van der Waals surface area (Å²) in [5, 5.41) is 10.4. The van der Waals surface area contributed by atoms with Gasteiger partial charge in [0.25, 0.3) is 5.91 Å². The second kappa shape index (κ2) is 11.1. The molecule has 0 saturated carbocycles. The summed E-state index contributed by atoms with van der Waals surface area (Å²) in [5.41, 5.74) is -0.484. The minimum atomic E-state index is -1.42. The van der Waals surface area contributed by atoms with Crippen molar-refractivity contribution in [3.05, 3.63) is 77.4 Å². The van der Waals surface area contributed by atoms with Gasteiger partial charge >= 0.3 is 0 Å². The summed E-state index contributed by atoms with van der Waals surface area (Å²) in [7, 11) is 0. The molecule has 2 aromatic carbocycles. The van der Waals surface area contributed by atoms with Gasteiger partial charge < -0.3 is 29.3 Å². The molecule has 0 radical (unpaired) electrons. The number of halogens is 1. The number of rotatable bonds is 7. The number of carbonyl (C=O) groups excluding carboxylic acids is 3. The smallest absolute Gasteiger partial charge is 0.253 e. The maximum absolute atomic E-state index is 14.6. The Morgan fingerprint density at radius 2 is 1.67 bits per heavy atom. The van der Waals surface area contributed by atoms with Crippen molar-refractivity contribution in [2.45, 2.75) is 44.4 Å². The van der Waals surface area contributed by atoms with E-state index in [1.165, 1.54) is 4.90 Å². The Hall–Kier alpha value is -3.66. The fourth-order valence-electron chi connectivity index (χ4n) is 7.39. The second-order valence-corrected chi connectivity index (χ2v) is 11.8. The number of likely N-dealkylation sites (tertiary alicyclic amines) is 1. The molecule has 6 rings (SSSR count). The summed E-state index contributed by atoms with van der Waals surface area (Å²) >= 11 is 6.61. The number of hydrogen-bond donors (Lipinski definition) is 1. The SMILES string of the molecule is CCOc1ccc(N2CC=C[C@]3(CC)O[C@]45C=CCN(c6c(C)cccc6Cl)C(=O)C4N(CCO)C(=O)[C@@H]5[C@@H]3C2=O)cc1. The molecule has 10 heteroatoms. The van der Waals surface area contributed by atoms with E-state index in [4.69, 9.17) is 21.1 Å². The quantitative estimate of drug-likeness (QED) is 0.481. The predicted molar refractivity (Wildman–Crippen MR) is 163 cm³/mol. The Morgan fingerprint density at radius 3 is 2.35 bits per heavy atom. The Morgan fingerprint density at radius 1 is 0.953 bits per heavy atom. The maximum Gasteiger partial charge on any atom is 0.253 e. The van der Waals surface area contributed by atoms with Gasteiger partial charge in [0.15, 0.2) is 0 Å². The molecule has 1 N–H and O–H groups in total. The highest BCUT2D eigenvalue weighted by atomic mass is 35.5. The summed E-state index contributed by atoms with van der Waals surface area (Å²) in [4.78, 5) is 48.2. The first-order chi connectivity index (χ1) is 20.7. The molecule has 1 unspecified atom stereocenters. The normalized spacial score (nSPS) is 29.8. The van der Waals surface area contributed by atoms with Crippen molar-refractivity contribution in [1.82, 2.24) is 4.90 Å². The predicted octanol–water partition coefficient (Wildman–Crippen LogP) is 3.91. The number of anilines is 2. The van der Waals surface area contributed by atoms with E-state index in [-0.39, 0.29) is 37.4 Å². The van der Waals surface area contributed by atoms with Crippen LogP contribution in [0, 0.1) is 18.8 Å². The van der Waals surface area contributed by atoms with Crippen LogP contribution < -0.4 is 14.5 Å². The number of ether oxygens (including phenoxy) is 2. The highest BCUT2D eigenvalue weighted by Gasteiger charge is 2.75. The third kappa shape index (κ3) is 4.39. The first kappa shape index (κ1) is 29.4.